The molecule has 0 aromatic heterocycles. The van der Waals surface area contributed by atoms with E-state index in [1.165, 1.54) is 5.56 Å². The van der Waals surface area contributed by atoms with Crippen LogP contribution in [0.4, 0.5) is 0 Å². The molecular weight excluding hydrogens is 196 g/mol. The Morgan fingerprint density at radius 3 is 2.21 bits per heavy atom. The molecule has 0 aliphatic heterocycles. The Kier molecular flexibility index (Phi) is 2.44. The maximum absolute atomic E-state index is 9.43. The van der Waals surface area contributed by atoms with Gasteiger partial charge in [0.05, 0.1) is 0 Å². The largest absolute Gasteiger partial charge is 0.368 e. The molecule has 0 atom stereocenters. The molecule has 0 spiro atoms. The molecule has 1 N–H and O–H groups in total. The second-order valence-electron chi connectivity index (χ2n) is 3.38. The quantitative estimate of drug-likeness (QED) is 0.554. The van der Waals surface area contributed by atoms with Crippen LogP contribution in [0.3, 0.4) is 0 Å². The van der Waals surface area contributed by atoms with Crippen molar-refractivity contribution in [2.24, 2.45) is 0 Å². The average Bonchev–Trinajstić information content (AvgIpc) is 2.19. The SMILES string of the molecule is OC1(Cl)C=CC(c2ccccc2)C=C1. The first-order valence-corrected chi connectivity index (χ1v) is 4.90. The molecule has 0 saturated heterocycles. The summed E-state index contributed by atoms with van der Waals surface area (Å²) in [5.74, 6) is 0.218. The maximum Gasteiger partial charge on any atom is 0.176 e. The molecule has 72 valence electrons. The summed E-state index contributed by atoms with van der Waals surface area (Å²) in [5.41, 5.74) is 1.20. The Bertz CT molecular complexity index is 349. The first-order chi connectivity index (χ1) is 6.67. The zero-order chi connectivity index (χ0) is 10.0. The molecule has 0 fully saturated rings. The molecule has 0 amide bonds. The summed E-state index contributed by atoms with van der Waals surface area (Å²) in [6.45, 7) is 0. The molecule has 0 bridgehead atoms. The van der Waals surface area contributed by atoms with Gasteiger partial charge >= 0.3 is 0 Å². The Balaban J connectivity index is 2.22. The van der Waals surface area contributed by atoms with Gasteiger partial charge in [-0.2, -0.15) is 0 Å². The lowest BCUT2D eigenvalue weighted by atomic mass is 9.94. The summed E-state index contributed by atoms with van der Waals surface area (Å²) >= 11 is 5.71. The summed E-state index contributed by atoms with van der Waals surface area (Å²) in [6.07, 6.45) is 7.02. The van der Waals surface area contributed by atoms with Crippen LogP contribution >= 0.6 is 11.6 Å². The highest BCUT2D eigenvalue weighted by Crippen LogP contribution is 2.28. The van der Waals surface area contributed by atoms with Crippen LogP contribution in [0, 0.1) is 0 Å². The van der Waals surface area contributed by atoms with Crippen molar-refractivity contribution in [3.8, 4) is 0 Å². The molecule has 2 heteroatoms. The van der Waals surface area contributed by atoms with E-state index < -0.39 is 5.06 Å². The highest BCUT2D eigenvalue weighted by atomic mass is 35.5. The van der Waals surface area contributed by atoms with Gasteiger partial charge in [-0.1, -0.05) is 54.1 Å². The minimum Gasteiger partial charge on any atom is -0.368 e. The third kappa shape index (κ3) is 2.06. The van der Waals surface area contributed by atoms with Crippen LogP contribution in [0.2, 0.25) is 0 Å². The fourth-order valence-electron chi connectivity index (χ4n) is 1.49. The number of hydrogen-bond acceptors (Lipinski definition) is 1. The summed E-state index contributed by atoms with van der Waals surface area (Å²) in [6, 6.07) is 10.1. The van der Waals surface area contributed by atoms with Crippen molar-refractivity contribution in [2.75, 3.05) is 0 Å². The van der Waals surface area contributed by atoms with Crippen LogP contribution in [-0.4, -0.2) is 10.2 Å². The summed E-state index contributed by atoms with van der Waals surface area (Å²) in [7, 11) is 0. The molecule has 0 heterocycles. The monoisotopic (exact) mass is 206 g/mol. The van der Waals surface area contributed by atoms with Gasteiger partial charge in [0.1, 0.15) is 0 Å². The first-order valence-electron chi connectivity index (χ1n) is 4.52. The summed E-state index contributed by atoms with van der Waals surface area (Å²) in [4.78, 5) is 0. The van der Waals surface area contributed by atoms with Gasteiger partial charge in [-0.25, -0.2) is 0 Å². The van der Waals surface area contributed by atoms with Crippen LogP contribution in [-0.2, 0) is 0 Å². The van der Waals surface area contributed by atoms with Crippen molar-refractivity contribution < 1.29 is 5.11 Å². The van der Waals surface area contributed by atoms with E-state index in [0.29, 0.717) is 0 Å². The molecular formula is C12H11ClO. The lowest BCUT2D eigenvalue weighted by Gasteiger charge is -2.19. The first kappa shape index (κ1) is 9.50. The maximum atomic E-state index is 9.43. The highest BCUT2D eigenvalue weighted by molar-refractivity contribution is 6.25. The molecule has 0 unspecified atom stereocenters. The second kappa shape index (κ2) is 3.60. The number of alkyl halides is 1. The molecule has 0 saturated carbocycles. The van der Waals surface area contributed by atoms with Crippen molar-refractivity contribution in [3.05, 3.63) is 60.2 Å². The van der Waals surface area contributed by atoms with E-state index in [0.717, 1.165) is 0 Å². The third-order valence-electron chi connectivity index (χ3n) is 2.26. The number of hydrogen-bond donors (Lipinski definition) is 1. The Morgan fingerprint density at radius 2 is 1.64 bits per heavy atom. The zero-order valence-electron chi connectivity index (χ0n) is 7.60. The summed E-state index contributed by atoms with van der Waals surface area (Å²) < 4.78 is 0. The van der Waals surface area contributed by atoms with E-state index in [-0.39, 0.29) is 5.92 Å². The van der Waals surface area contributed by atoms with E-state index in [2.05, 4.69) is 12.1 Å². The number of aliphatic hydroxyl groups is 1. The fourth-order valence-corrected chi connectivity index (χ4v) is 1.64. The van der Waals surface area contributed by atoms with Crippen LogP contribution < -0.4 is 0 Å². The lowest BCUT2D eigenvalue weighted by molar-refractivity contribution is 0.227. The van der Waals surface area contributed by atoms with Gasteiger partial charge in [0.2, 0.25) is 0 Å². The Hall–Kier alpha value is -1.05. The minimum absolute atomic E-state index is 0.218. The van der Waals surface area contributed by atoms with Gasteiger partial charge in [-0.3, -0.25) is 0 Å². The van der Waals surface area contributed by atoms with E-state index in [1.54, 1.807) is 12.2 Å². The number of allylic oxidation sites excluding steroid dienone is 2. The van der Waals surface area contributed by atoms with Crippen molar-refractivity contribution in [3.63, 3.8) is 0 Å². The molecule has 2 rings (SSSR count). The van der Waals surface area contributed by atoms with Crippen LogP contribution in [0.25, 0.3) is 0 Å². The summed E-state index contributed by atoms with van der Waals surface area (Å²) in [5, 5.41) is 8.13. The van der Waals surface area contributed by atoms with Crippen LogP contribution in [0.5, 0.6) is 0 Å². The predicted molar refractivity (Wildman–Crippen MR) is 58.3 cm³/mol. The van der Waals surface area contributed by atoms with Gasteiger partial charge in [-0.15, -0.1) is 0 Å². The zero-order valence-corrected chi connectivity index (χ0v) is 8.35. The Labute approximate surface area is 88.3 Å². The molecule has 1 aromatic rings. The fraction of sp³-hybridized carbons (Fsp3) is 0.167. The van der Waals surface area contributed by atoms with Gasteiger partial charge in [-0.05, 0) is 17.7 Å². The molecule has 1 aliphatic carbocycles. The topological polar surface area (TPSA) is 20.2 Å². The van der Waals surface area contributed by atoms with Crippen molar-refractivity contribution in [1.29, 1.82) is 0 Å². The molecule has 1 aromatic carbocycles. The molecule has 1 nitrogen and oxygen atoms in total. The van der Waals surface area contributed by atoms with Crippen molar-refractivity contribution in [1.82, 2.24) is 0 Å². The van der Waals surface area contributed by atoms with Gasteiger partial charge in [0, 0.05) is 5.92 Å². The van der Waals surface area contributed by atoms with Crippen molar-refractivity contribution in [2.45, 2.75) is 11.0 Å². The van der Waals surface area contributed by atoms with Crippen LogP contribution in [0.1, 0.15) is 11.5 Å². The highest BCUT2D eigenvalue weighted by Gasteiger charge is 2.20. The molecule has 0 radical (unpaired) electrons. The minimum atomic E-state index is -1.30. The van der Waals surface area contributed by atoms with Gasteiger partial charge in [0.15, 0.2) is 5.06 Å². The van der Waals surface area contributed by atoms with E-state index in [4.69, 9.17) is 11.6 Å². The molecule has 14 heavy (non-hydrogen) atoms. The smallest absolute Gasteiger partial charge is 0.176 e. The second-order valence-corrected chi connectivity index (χ2v) is 3.99. The van der Waals surface area contributed by atoms with E-state index in [9.17, 15) is 5.11 Å². The van der Waals surface area contributed by atoms with Crippen LogP contribution in [0.15, 0.2) is 54.6 Å². The van der Waals surface area contributed by atoms with Gasteiger partial charge in [0.25, 0.3) is 0 Å². The Morgan fingerprint density at radius 1 is 1.07 bits per heavy atom. The van der Waals surface area contributed by atoms with E-state index >= 15 is 0 Å². The lowest BCUT2D eigenvalue weighted by Crippen LogP contribution is -2.16. The third-order valence-corrected chi connectivity index (χ3v) is 2.51. The predicted octanol–water partition coefficient (Wildman–Crippen LogP) is 2.82. The number of halogens is 1. The number of rotatable bonds is 1. The average molecular weight is 207 g/mol. The van der Waals surface area contributed by atoms with Crippen molar-refractivity contribution >= 4 is 11.6 Å². The van der Waals surface area contributed by atoms with Gasteiger partial charge < -0.3 is 5.11 Å². The molecule has 1 aliphatic rings. The standard InChI is InChI=1S/C12H11ClO/c13-12(14)8-6-11(7-9-12)10-4-2-1-3-5-10/h1-9,11,14H. The van der Waals surface area contributed by atoms with E-state index in [1.807, 2.05) is 30.4 Å². The number of benzene rings is 1. The normalized spacial score (nSPS) is 30.6.